The highest BCUT2D eigenvalue weighted by Crippen LogP contribution is 2.63. The molecule has 6 unspecified atom stereocenters. The summed E-state index contributed by atoms with van der Waals surface area (Å²) in [6.45, 7) is 0.473. The Kier molecular flexibility index (Phi) is 8.20. The van der Waals surface area contributed by atoms with Crippen molar-refractivity contribution in [2.45, 2.75) is 81.3 Å². The van der Waals surface area contributed by atoms with E-state index in [-0.39, 0.29) is 12.2 Å². The Balaban J connectivity index is 1.23. The van der Waals surface area contributed by atoms with Gasteiger partial charge in [0.25, 0.3) is 0 Å². The number of nitrogens with zero attached hydrogens (tertiary/aromatic N) is 1. The summed E-state index contributed by atoms with van der Waals surface area (Å²) in [5.41, 5.74) is 7.61. The van der Waals surface area contributed by atoms with Crippen LogP contribution in [0.2, 0.25) is 0 Å². The molecule has 7 aliphatic rings. The molecule has 5 aliphatic carbocycles. The lowest BCUT2D eigenvalue weighted by Gasteiger charge is -2.40. The number of allylic oxidation sites excluding steroid dienone is 1. The van der Waals surface area contributed by atoms with Crippen molar-refractivity contribution in [1.82, 2.24) is 4.90 Å². The molecule has 4 aromatic rings. The third kappa shape index (κ3) is 5.23. The zero-order valence-electron chi connectivity index (χ0n) is 32.7. The zero-order valence-corrected chi connectivity index (χ0v) is 32.7. The minimum atomic E-state index is -1.13. The molecule has 4 saturated carbocycles. The molecule has 7 heteroatoms. The largest absolute Gasteiger partial charge is 0.493 e. The third-order valence-corrected chi connectivity index (χ3v) is 14.9. The Hall–Kier alpha value is -5.30. The second-order valence-electron chi connectivity index (χ2n) is 17.6. The minimum absolute atomic E-state index is 0.173. The Morgan fingerprint density at radius 3 is 1.81 bits per heavy atom. The van der Waals surface area contributed by atoms with Crippen molar-refractivity contribution in [1.29, 1.82) is 0 Å². The molecule has 7 nitrogen and oxygen atoms in total. The van der Waals surface area contributed by atoms with E-state index in [1.807, 2.05) is 12.1 Å². The van der Waals surface area contributed by atoms with Crippen molar-refractivity contribution in [3.05, 3.63) is 136 Å². The topological polar surface area (TPSA) is 74.3 Å². The van der Waals surface area contributed by atoms with E-state index >= 15 is 9.59 Å². The summed E-state index contributed by atoms with van der Waals surface area (Å²) in [4.78, 5) is 33.7. The highest BCUT2D eigenvalue weighted by molar-refractivity contribution is 6.07. The Bertz CT molecular complexity index is 2320. The first-order valence-corrected chi connectivity index (χ1v) is 21.1. The van der Waals surface area contributed by atoms with Crippen molar-refractivity contribution in [3.8, 4) is 22.6 Å². The molecular weight excluding hydrogens is 711 g/mol. The fourth-order valence-electron chi connectivity index (χ4n) is 12.4. The number of hydrogen-bond acceptors (Lipinski definition) is 7. The van der Waals surface area contributed by atoms with Gasteiger partial charge in [-0.1, -0.05) is 84.9 Å². The molecule has 2 aliphatic heterocycles. The Morgan fingerprint density at radius 2 is 1.23 bits per heavy atom. The first kappa shape index (κ1) is 34.9. The van der Waals surface area contributed by atoms with E-state index in [2.05, 4.69) is 89.8 Å². The predicted octanol–water partition coefficient (Wildman–Crippen LogP) is 9.38. The number of esters is 2. The Morgan fingerprint density at radius 1 is 0.649 bits per heavy atom. The maximum Gasteiger partial charge on any atom is 0.355 e. The van der Waals surface area contributed by atoms with Crippen LogP contribution in [-0.4, -0.2) is 49.8 Å². The van der Waals surface area contributed by atoms with Crippen LogP contribution in [0.3, 0.4) is 0 Å². The van der Waals surface area contributed by atoms with Crippen LogP contribution < -0.4 is 9.47 Å². The van der Waals surface area contributed by atoms with Crippen molar-refractivity contribution in [2.75, 3.05) is 20.8 Å². The quantitative estimate of drug-likeness (QED) is 0.174. The SMILES string of the molecule is COc1cc2c(cc1OC)C1=C[C@H](c3ccccc3)C3(C(C(=O)OC4CC5CCC4C5)=C(C(=O)OC4CC5CCC4C5)N1CC2)c1ccccc1-c1ccccc13. The molecule has 0 N–H and O–H groups in total. The summed E-state index contributed by atoms with van der Waals surface area (Å²) in [7, 11) is 3.32. The summed E-state index contributed by atoms with van der Waals surface area (Å²) in [6, 6.07) is 31.5. The molecule has 7 atom stereocenters. The van der Waals surface area contributed by atoms with Crippen LogP contribution in [0.25, 0.3) is 16.8 Å². The van der Waals surface area contributed by atoms with Gasteiger partial charge in [-0.05, 0) is 127 Å². The molecule has 4 fully saturated rings. The highest BCUT2D eigenvalue weighted by Gasteiger charge is 2.59. The van der Waals surface area contributed by atoms with Crippen LogP contribution in [0, 0.1) is 23.7 Å². The maximum atomic E-state index is 16.0. The molecule has 290 valence electrons. The number of benzene rings is 4. The van der Waals surface area contributed by atoms with Crippen LogP contribution >= 0.6 is 0 Å². The van der Waals surface area contributed by atoms with E-state index in [0.29, 0.717) is 59.4 Å². The van der Waals surface area contributed by atoms with Gasteiger partial charge in [0, 0.05) is 23.7 Å². The summed E-state index contributed by atoms with van der Waals surface area (Å²) in [6.07, 6.45) is 11.1. The average molecular weight is 760 g/mol. The van der Waals surface area contributed by atoms with Gasteiger partial charge >= 0.3 is 11.9 Å². The number of carbonyl (C=O) groups is 2. The van der Waals surface area contributed by atoms with Crippen molar-refractivity contribution >= 4 is 17.6 Å². The lowest BCUT2D eigenvalue weighted by Crippen LogP contribution is -2.43. The van der Waals surface area contributed by atoms with E-state index in [9.17, 15) is 0 Å². The molecule has 0 radical (unpaired) electrons. The summed E-state index contributed by atoms with van der Waals surface area (Å²) in [5, 5.41) is 0. The fourth-order valence-corrected chi connectivity index (χ4v) is 12.4. The predicted molar refractivity (Wildman–Crippen MR) is 217 cm³/mol. The van der Waals surface area contributed by atoms with E-state index in [1.165, 1.54) is 12.8 Å². The van der Waals surface area contributed by atoms with Gasteiger partial charge < -0.3 is 23.8 Å². The number of fused-ring (bicyclic) bond motifs is 12. The van der Waals surface area contributed by atoms with Crippen molar-refractivity contribution in [2.24, 2.45) is 23.7 Å². The molecule has 0 aromatic heterocycles. The highest BCUT2D eigenvalue weighted by atomic mass is 16.6. The average Bonchev–Trinajstić information content (AvgIpc) is 4.09. The zero-order chi connectivity index (χ0) is 38.4. The second kappa shape index (κ2) is 13.4. The van der Waals surface area contributed by atoms with Gasteiger partial charge in [-0.25, -0.2) is 9.59 Å². The van der Waals surface area contributed by atoms with Gasteiger partial charge in [-0.3, -0.25) is 0 Å². The van der Waals surface area contributed by atoms with Gasteiger partial charge in [0.15, 0.2) is 11.5 Å². The van der Waals surface area contributed by atoms with Crippen LogP contribution in [0.15, 0.2) is 108 Å². The van der Waals surface area contributed by atoms with Gasteiger partial charge in [-0.15, -0.1) is 0 Å². The summed E-state index contributed by atoms with van der Waals surface area (Å²) < 4.78 is 25.3. The molecular formula is C50H49NO6. The number of methoxy groups -OCH3 is 2. The molecule has 4 aromatic carbocycles. The lowest BCUT2D eigenvalue weighted by molar-refractivity contribution is -0.152. The van der Waals surface area contributed by atoms with Crippen LogP contribution in [-0.2, 0) is 30.9 Å². The van der Waals surface area contributed by atoms with Crippen molar-refractivity contribution in [3.63, 3.8) is 0 Å². The maximum absolute atomic E-state index is 16.0. The van der Waals surface area contributed by atoms with Gasteiger partial charge in [0.1, 0.15) is 17.9 Å². The van der Waals surface area contributed by atoms with Gasteiger partial charge in [0.05, 0.1) is 25.2 Å². The van der Waals surface area contributed by atoms with Crippen LogP contribution in [0.5, 0.6) is 11.5 Å². The third-order valence-electron chi connectivity index (χ3n) is 14.9. The number of carbonyl (C=O) groups excluding carboxylic acids is 2. The van der Waals surface area contributed by atoms with Gasteiger partial charge in [-0.2, -0.15) is 0 Å². The lowest BCUT2D eigenvalue weighted by atomic mass is 9.61. The van der Waals surface area contributed by atoms with Crippen molar-refractivity contribution < 1.29 is 28.5 Å². The van der Waals surface area contributed by atoms with E-state index in [0.717, 1.165) is 83.2 Å². The normalized spacial score (nSPS) is 28.3. The number of ether oxygens (including phenoxy) is 4. The molecule has 0 amide bonds. The Labute approximate surface area is 334 Å². The smallest absolute Gasteiger partial charge is 0.355 e. The molecule has 11 rings (SSSR count). The standard InChI is InChI=1S/C50H49NO6/c1-54-44-26-32-20-21-51-41(37(32)27-45(44)55-2)28-40(31-10-4-3-5-11-31)50(38-14-8-6-12-35(38)36-13-7-9-15-39(36)50)46(48(52)56-42-24-29-16-18-33(42)22-29)47(51)49(53)57-43-25-30-17-19-34(43)23-30/h3-15,26-30,33-34,40,42-43H,16-25H2,1-2H3/t29?,30?,33?,34?,40-,42?,43?/m1/s1. The van der Waals surface area contributed by atoms with E-state index < -0.39 is 23.3 Å². The second-order valence-corrected chi connectivity index (χ2v) is 17.6. The summed E-state index contributed by atoms with van der Waals surface area (Å²) >= 11 is 0. The molecule has 1 spiro atoms. The van der Waals surface area contributed by atoms with Gasteiger partial charge in [0.2, 0.25) is 0 Å². The molecule has 0 saturated heterocycles. The first-order chi connectivity index (χ1) is 28.0. The molecule has 57 heavy (non-hydrogen) atoms. The van der Waals surface area contributed by atoms with Crippen LogP contribution in [0.4, 0.5) is 0 Å². The summed E-state index contributed by atoms with van der Waals surface area (Å²) in [5.74, 6) is 1.86. The fraction of sp³-hybridized carbons (Fsp3) is 0.400. The molecule has 2 heterocycles. The van der Waals surface area contributed by atoms with E-state index in [1.54, 1.807) is 14.2 Å². The number of rotatable bonds is 7. The monoisotopic (exact) mass is 759 g/mol. The van der Waals surface area contributed by atoms with Crippen LogP contribution in [0.1, 0.15) is 85.1 Å². The number of hydrogen-bond donors (Lipinski definition) is 0. The van der Waals surface area contributed by atoms with E-state index in [4.69, 9.17) is 18.9 Å². The minimum Gasteiger partial charge on any atom is -0.493 e. The first-order valence-electron chi connectivity index (χ1n) is 21.1. The molecule has 4 bridgehead atoms.